The summed E-state index contributed by atoms with van der Waals surface area (Å²) in [6.45, 7) is 1.55. The number of halogens is 5. The maximum Gasteiger partial charge on any atom is 0.412 e. The number of carbonyl (C=O) groups is 3. The number of amides is 2. The summed E-state index contributed by atoms with van der Waals surface area (Å²) in [5.74, 6) is -2.51. The van der Waals surface area contributed by atoms with E-state index >= 15 is 0 Å². The van der Waals surface area contributed by atoms with E-state index in [0.717, 1.165) is 13.1 Å². The van der Waals surface area contributed by atoms with Gasteiger partial charge in [-0.05, 0) is 33.0 Å². The SMILES string of the molecule is CN1CCC(N(C)C(=O)N[C@H](c2ccc(-c3cnccn3)c(Cl)c2Cl)C(F)(F)F)CC1.O=C(O)/C=C/C(=O)O. The van der Waals surface area contributed by atoms with Crippen LogP contribution in [0.5, 0.6) is 0 Å². The molecular weight excluding hydrogens is 566 g/mol. The van der Waals surface area contributed by atoms with Crippen LogP contribution in [0.1, 0.15) is 24.4 Å². The van der Waals surface area contributed by atoms with Gasteiger partial charge in [0.2, 0.25) is 0 Å². The molecule has 0 bridgehead atoms. The number of aliphatic carboxylic acids is 2. The van der Waals surface area contributed by atoms with E-state index in [0.29, 0.717) is 36.3 Å². The topological polar surface area (TPSA) is 136 Å². The van der Waals surface area contributed by atoms with Crippen LogP contribution >= 0.6 is 23.2 Å². The lowest BCUT2D eigenvalue weighted by Gasteiger charge is -2.36. The Bertz CT molecular complexity index is 1180. The lowest BCUT2D eigenvalue weighted by atomic mass is 10.0. The van der Waals surface area contributed by atoms with Gasteiger partial charge in [-0.2, -0.15) is 13.2 Å². The molecule has 1 aliphatic heterocycles. The van der Waals surface area contributed by atoms with E-state index in [4.69, 9.17) is 33.4 Å². The minimum atomic E-state index is -4.77. The van der Waals surface area contributed by atoms with Crippen molar-refractivity contribution in [1.29, 1.82) is 0 Å². The zero-order chi connectivity index (χ0) is 29.3. The third-order valence-corrected chi connectivity index (χ3v) is 6.68. The molecule has 0 aliphatic carbocycles. The summed E-state index contributed by atoms with van der Waals surface area (Å²) in [5.41, 5.74) is 0.381. The van der Waals surface area contributed by atoms with Crippen LogP contribution in [-0.2, 0) is 9.59 Å². The van der Waals surface area contributed by atoms with Gasteiger partial charge in [-0.25, -0.2) is 14.4 Å². The van der Waals surface area contributed by atoms with Crippen molar-refractivity contribution in [3.8, 4) is 11.3 Å². The number of benzene rings is 1. The third-order valence-electron chi connectivity index (χ3n) is 5.78. The van der Waals surface area contributed by atoms with Gasteiger partial charge in [0.25, 0.3) is 0 Å². The highest BCUT2D eigenvalue weighted by molar-refractivity contribution is 6.44. The number of carboxylic acid groups (broad SMARTS) is 2. The zero-order valence-electron chi connectivity index (χ0n) is 20.8. The Balaban J connectivity index is 0.000000580. The smallest absolute Gasteiger partial charge is 0.412 e. The van der Waals surface area contributed by atoms with Crippen molar-refractivity contribution < 1.29 is 37.8 Å². The lowest BCUT2D eigenvalue weighted by molar-refractivity contribution is -0.155. The molecule has 3 N–H and O–H groups in total. The number of carbonyl (C=O) groups excluding carboxylic acids is 1. The van der Waals surface area contributed by atoms with Crippen LogP contribution in [0.15, 0.2) is 42.9 Å². The zero-order valence-corrected chi connectivity index (χ0v) is 22.3. The molecule has 15 heteroatoms. The highest BCUT2D eigenvalue weighted by Crippen LogP contribution is 2.42. The van der Waals surface area contributed by atoms with E-state index in [1.807, 2.05) is 7.05 Å². The number of nitrogens with one attached hydrogen (secondary N) is 1. The molecule has 212 valence electrons. The minimum Gasteiger partial charge on any atom is -0.478 e. The molecule has 10 nitrogen and oxygen atoms in total. The van der Waals surface area contributed by atoms with Crippen molar-refractivity contribution in [3.05, 3.63) is 58.5 Å². The second kappa shape index (κ2) is 14.1. The molecule has 1 aliphatic rings. The average molecular weight is 592 g/mol. The number of rotatable bonds is 6. The summed E-state index contributed by atoms with van der Waals surface area (Å²) >= 11 is 12.5. The third kappa shape index (κ3) is 9.37. The first-order valence-electron chi connectivity index (χ1n) is 11.4. The van der Waals surface area contributed by atoms with Crippen molar-refractivity contribution in [2.45, 2.75) is 31.1 Å². The maximum atomic E-state index is 13.9. The first-order chi connectivity index (χ1) is 18.2. The maximum absolute atomic E-state index is 13.9. The van der Waals surface area contributed by atoms with E-state index in [2.05, 4.69) is 20.2 Å². The summed E-state index contributed by atoms with van der Waals surface area (Å²) in [4.78, 5) is 43.2. The van der Waals surface area contributed by atoms with Crippen LogP contribution in [0, 0.1) is 0 Å². The van der Waals surface area contributed by atoms with Crippen molar-refractivity contribution >= 4 is 41.2 Å². The van der Waals surface area contributed by atoms with Crippen LogP contribution in [0.3, 0.4) is 0 Å². The molecule has 3 rings (SSSR count). The van der Waals surface area contributed by atoms with Gasteiger partial charge in [0.05, 0.1) is 21.9 Å². The molecule has 2 heterocycles. The van der Waals surface area contributed by atoms with Gasteiger partial charge in [0.1, 0.15) is 0 Å². The fourth-order valence-electron chi connectivity index (χ4n) is 3.68. The number of aromatic nitrogens is 2. The van der Waals surface area contributed by atoms with Gasteiger partial charge in [-0.1, -0.05) is 35.3 Å². The number of hydrogen-bond acceptors (Lipinski definition) is 6. The van der Waals surface area contributed by atoms with Crippen molar-refractivity contribution in [2.75, 3.05) is 27.2 Å². The largest absolute Gasteiger partial charge is 0.478 e. The molecule has 1 fully saturated rings. The monoisotopic (exact) mass is 591 g/mol. The van der Waals surface area contributed by atoms with Crippen molar-refractivity contribution in [3.63, 3.8) is 0 Å². The molecule has 1 atom stereocenters. The molecule has 0 saturated carbocycles. The molecular formula is C24H26Cl2F3N5O5. The Kier molecular flexibility index (Phi) is 11.5. The van der Waals surface area contributed by atoms with Crippen LogP contribution in [-0.4, -0.2) is 87.4 Å². The first kappa shape index (κ1) is 31.8. The highest BCUT2D eigenvalue weighted by Gasteiger charge is 2.44. The van der Waals surface area contributed by atoms with E-state index in [1.54, 1.807) is 0 Å². The normalized spacial score (nSPS) is 15.3. The van der Waals surface area contributed by atoms with Gasteiger partial charge in [0, 0.05) is 48.8 Å². The lowest BCUT2D eigenvalue weighted by Crippen LogP contribution is -2.50. The van der Waals surface area contributed by atoms with Crippen LogP contribution in [0.25, 0.3) is 11.3 Å². The summed E-state index contributed by atoms with van der Waals surface area (Å²) in [6.07, 6.45) is 2.05. The molecule has 0 spiro atoms. The first-order valence-corrected chi connectivity index (χ1v) is 12.1. The standard InChI is InChI=1S/C20H22Cl2F3N5O.C4H4O4/c1-29-9-5-12(6-10-29)30(2)19(31)28-18(20(23,24)25)14-4-3-13(16(21)17(14)22)15-11-26-7-8-27-15;5-3(6)1-2-4(7)8/h3-4,7-8,11-12,18H,5-6,9-10H2,1-2H3,(H,28,31);1-2H,(H,5,6)(H,7,8)/b;2-1+/t18-;/m1./s1. The summed E-state index contributed by atoms with van der Waals surface area (Å²) < 4.78 is 41.7. The molecule has 39 heavy (non-hydrogen) atoms. The van der Waals surface area contributed by atoms with Crippen LogP contribution < -0.4 is 5.32 Å². The summed E-state index contributed by atoms with van der Waals surface area (Å²) in [7, 11) is 3.47. The number of hydrogen-bond donors (Lipinski definition) is 3. The molecule has 2 aromatic rings. The molecule has 0 radical (unpaired) electrons. The number of nitrogens with zero attached hydrogens (tertiary/aromatic N) is 4. The van der Waals surface area contributed by atoms with Gasteiger partial charge in [-0.15, -0.1) is 0 Å². The Hall–Kier alpha value is -3.42. The van der Waals surface area contributed by atoms with E-state index in [1.165, 1.54) is 42.7 Å². The molecule has 1 saturated heterocycles. The minimum absolute atomic E-state index is 0.0909. The van der Waals surface area contributed by atoms with Gasteiger partial charge in [-0.3, -0.25) is 9.97 Å². The molecule has 1 aromatic carbocycles. The van der Waals surface area contributed by atoms with E-state index < -0.39 is 30.2 Å². The predicted octanol–water partition coefficient (Wildman–Crippen LogP) is 4.50. The number of alkyl halides is 3. The summed E-state index contributed by atoms with van der Waals surface area (Å²) in [6, 6.07) is -0.675. The van der Waals surface area contributed by atoms with Crippen LogP contribution in [0.4, 0.5) is 18.0 Å². The Morgan fingerprint density at radius 3 is 2.18 bits per heavy atom. The molecule has 0 unspecified atom stereocenters. The number of urea groups is 1. The second-order valence-corrected chi connectivity index (χ2v) is 9.26. The number of carboxylic acids is 2. The highest BCUT2D eigenvalue weighted by atomic mass is 35.5. The average Bonchev–Trinajstić information content (AvgIpc) is 2.88. The number of likely N-dealkylation sites (tertiary alicyclic amines) is 1. The second-order valence-electron chi connectivity index (χ2n) is 8.50. The fraction of sp³-hybridized carbons (Fsp3) is 0.375. The van der Waals surface area contributed by atoms with Gasteiger partial charge in [0.15, 0.2) is 6.04 Å². The van der Waals surface area contributed by atoms with Gasteiger partial charge >= 0.3 is 24.1 Å². The van der Waals surface area contributed by atoms with E-state index in [-0.39, 0.29) is 21.7 Å². The Morgan fingerprint density at radius 1 is 1.10 bits per heavy atom. The Morgan fingerprint density at radius 2 is 1.69 bits per heavy atom. The van der Waals surface area contributed by atoms with Crippen LogP contribution in [0.2, 0.25) is 10.0 Å². The fourth-order valence-corrected chi connectivity index (χ4v) is 4.22. The van der Waals surface area contributed by atoms with Crippen molar-refractivity contribution in [2.24, 2.45) is 0 Å². The quantitative estimate of drug-likeness (QED) is 0.418. The molecule has 2 amide bonds. The Labute approximate surface area is 232 Å². The predicted molar refractivity (Wildman–Crippen MR) is 138 cm³/mol. The van der Waals surface area contributed by atoms with Crippen molar-refractivity contribution in [1.82, 2.24) is 25.1 Å². The summed E-state index contributed by atoms with van der Waals surface area (Å²) in [5, 5.41) is 17.3. The number of piperidine rings is 1. The molecule has 1 aromatic heterocycles. The van der Waals surface area contributed by atoms with Gasteiger partial charge < -0.3 is 25.3 Å². The van der Waals surface area contributed by atoms with E-state index in [9.17, 15) is 27.6 Å².